The number of anilines is 1. The molecule has 0 bridgehead atoms. The van der Waals surface area contributed by atoms with Crippen LogP contribution in [-0.4, -0.2) is 39.7 Å². The van der Waals surface area contributed by atoms with Gasteiger partial charge in [0, 0.05) is 18.2 Å². The summed E-state index contributed by atoms with van der Waals surface area (Å²) in [5.74, 6) is -2.86. The number of halogens is 1. The van der Waals surface area contributed by atoms with Crippen LogP contribution < -0.4 is 19.7 Å². The summed E-state index contributed by atoms with van der Waals surface area (Å²) in [5, 5.41) is 35.4. The molecule has 0 radical (unpaired) electrons. The van der Waals surface area contributed by atoms with E-state index in [-0.39, 0.29) is 33.5 Å². The minimum absolute atomic E-state index is 0.101. The zero-order chi connectivity index (χ0) is 30.0. The van der Waals surface area contributed by atoms with Gasteiger partial charge in [0.05, 0.1) is 38.7 Å². The number of amides is 4. The average molecular weight is 584 g/mol. The molecule has 41 heavy (non-hydrogen) atoms. The number of urea groups is 1. The minimum Gasteiger partial charge on any atom is -0.493 e. The summed E-state index contributed by atoms with van der Waals surface area (Å²) in [7, 11) is 1.21. The molecule has 4 rings (SSSR count). The van der Waals surface area contributed by atoms with Gasteiger partial charge in [-0.25, -0.2) is 9.69 Å². The fourth-order valence-corrected chi connectivity index (χ4v) is 3.94. The Balaban J connectivity index is 1.72. The van der Waals surface area contributed by atoms with E-state index in [1.54, 1.807) is 0 Å². The van der Waals surface area contributed by atoms with E-state index in [1.165, 1.54) is 31.4 Å². The van der Waals surface area contributed by atoms with Crippen LogP contribution in [0.15, 0.2) is 60.2 Å². The molecule has 3 aromatic carbocycles. The van der Waals surface area contributed by atoms with Gasteiger partial charge in [-0.15, -0.1) is 0 Å². The lowest BCUT2D eigenvalue weighted by Gasteiger charge is -2.26. The summed E-state index contributed by atoms with van der Waals surface area (Å²) < 4.78 is 10.8. The molecule has 208 valence electrons. The van der Waals surface area contributed by atoms with Gasteiger partial charge in [0.15, 0.2) is 11.5 Å². The van der Waals surface area contributed by atoms with Crippen molar-refractivity contribution in [2.45, 2.75) is 0 Å². The van der Waals surface area contributed by atoms with Crippen LogP contribution in [0.1, 0.15) is 5.56 Å². The number of ether oxygens (including phenoxy) is 2. The Morgan fingerprint density at radius 1 is 0.878 bits per heavy atom. The van der Waals surface area contributed by atoms with Crippen molar-refractivity contribution in [2.75, 3.05) is 12.0 Å². The highest BCUT2D eigenvalue weighted by molar-refractivity contribution is 6.39. The number of methoxy groups -OCH3 is 1. The first-order valence-electron chi connectivity index (χ1n) is 11.1. The van der Waals surface area contributed by atoms with Gasteiger partial charge in [-0.1, -0.05) is 17.7 Å². The number of barbiturate groups is 1. The standard InChI is InChI=1S/C24H14ClN5O11/c1-40-20-9-12(8-17(25)21(20)41-19-6-5-15(29(36)37)11-18(19)30(38)39)7-16-22(31)26-24(33)27(23(16)32)13-3-2-4-14(10-13)28(34)35/h2-11H,1H3,(H,26,31,33)/b16-7+. The molecular formula is C24H14ClN5O11. The second kappa shape index (κ2) is 11.1. The maximum absolute atomic E-state index is 13.2. The molecule has 1 aliphatic heterocycles. The van der Waals surface area contributed by atoms with Crippen LogP contribution in [0.4, 0.5) is 27.5 Å². The third-order valence-electron chi connectivity index (χ3n) is 5.53. The van der Waals surface area contributed by atoms with Crippen LogP contribution in [0.2, 0.25) is 5.02 Å². The zero-order valence-electron chi connectivity index (χ0n) is 20.4. The third kappa shape index (κ3) is 5.62. The highest BCUT2D eigenvalue weighted by Crippen LogP contribution is 2.43. The van der Waals surface area contributed by atoms with Gasteiger partial charge in [-0.3, -0.25) is 45.2 Å². The first kappa shape index (κ1) is 28.1. The maximum atomic E-state index is 13.2. The first-order valence-corrected chi connectivity index (χ1v) is 11.4. The molecule has 17 heteroatoms. The van der Waals surface area contributed by atoms with Crippen molar-refractivity contribution in [2.24, 2.45) is 0 Å². The van der Waals surface area contributed by atoms with E-state index < -0.39 is 55.3 Å². The first-order chi connectivity index (χ1) is 19.4. The summed E-state index contributed by atoms with van der Waals surface area (Å²) >= 11 is 6.34. The topological polar surface area (TPSA) is 214 Å². The van der Waals surface area contributed by atoms with Crippen LogP contribution in [0.3, 0.4) is 0 Å². The van der Waals surface area contributed by atoms with Gasteiger partial charge in [0.1, 0.15) is 5.57 Å². The van der Waals surface area contributed by atoms with Gasteiger partial charge in [-0.2, -0.15) is 0 Å². The molecular weight excluding hydrogens is 570 g/mol. The third-order valence-corrected chi connectivity index (χ3v) is 5.81. The Morgan fingerprint density at radius 2 is 1.56 bits per heavy atom. The number of hydrogen-bond donors (Lipinski definition) is 1. The van der Waals surface area contributed by atoms with Crippen LogP contribution >= 0.6 is 11.6 Å². The summed E-state index contributed by atoms with van der Waals surface area (Å²) in [6.45, 7) is 0. The van der Waals surface area contributed by atoms with Crippen molar-refractivity contribution in [3.63, 3.8) is 0 Å². The lowest BCUT2D eigenvalue weighted by Crippen LogP contribution is -2.54. The quantitative estimate of drug-likeness (QED) is 0.168. The van der Waals surface area contributed by atoms with Crippen LogP contribution in [0, 0.1) is 30.3 Å². The van der Waals surface area contributed by atoms with Crippen LogP contribution in [0.5, 0.6) is 17.2 Å². The number of nitrogens with zero attached hydrogens (tertiary/aromatic N) is 4. The van der Waals surface area contributed by atoms with Crippen molar-refractivity contribution in [3.05, 3.63) is 101 Å². The molecule has 1 heterocycles. The summed E-state index contributed by atoms with van der Waals surface area (Å²) in [6, 6.07) is 8.72. The molecule has 1 saturated heterocycles. The molecule has 0 saturated carbocycles. The monoisotopic (exact) mass is 583 g/mol. The van der Waals surface area contributed by atoms with Crippen LogP contribution in [0.25, 0.3) is 6.08 Å². The van der Waals surface area contributed by atoms with Gasteiger partial charge in [-0.05, 0) is 35.9 Å². The molecule has 0 unspecified atom stereocenters. The Morgan fingerprint density at radius 3 is 2.20 bits per heavy atom. The number of nitrogens with one attached hydrogen (secondary N) is 1. The molecule has 1 aliphatic rings. The fraction of sp³-hybridized carbons (Fsp3) is 0.0417. The van der Waals surface area contributed by atoms with Gasteiger partial charge in [0.25, 0.3) is 23.2 Å². The van der Waals surface area contributed by atoms with E-state index in [4.69, 9.17) is 21.1 Å². The molecule has 16 nitrogen and oxygen atoms in total. The molecule has 1 fully saturated rings. The number of non-ortho nitro benzene ring substituents is 2. The number of carbonyl (C=O) groups excluding carboxylic acids is 3. The number of imide groups is 2. The summed E-state index contributed by atoms with van der Waals surface area (Å²) in [4.78, 5) is 69.9. The zero-order valence-corrected chi connectivity index (χ0v) is 21.2. The Bertz CT molecular complexity index is 1710. The minimum atomic E-state index is -1.12. The Labute approximate surface area is 232 Å². The average Bonchev–Trinajstić information content (AvgIpc) is 2.92. The number of carbonyl (C=O) groups is 3. The van der Waals surface area contributed by atoms with E-state index in [9.17, 15) is 44.7 Å². The Kier molecular flexibility index (Phi) is 7.59. The molecule has 1 N–H and O–H groups in total. The molecule has 0 atom stereocenters. The number of nitro groups is 3. The van der Waals surface area contributed by atoms with E-state index >= 15 is 0 Å². The van der Waals surface area contributed by atoms with Gasteiger partial charge in [0.2, 0.25) is 5.75 Å². The molecule has 3 aromatic rings. The fourth-order valence-electron chi connectivity index (χ4n) is 3.68. The van der Waals surface area contributed by atoms with Gasteiger partial charge >= 0.3 is 11.7 Å². The molecule has 4 amide bonds. The van der Waals surface area contributed by atoms with E-state index in [0.717, 1.165) is 30.3 Å². The maximum Gasteiger partial charge on any atom is 0.335 e. The normalized spacial score (nSPS) is 14.0. The van der Waals surface area contributed by atoms with E-state index in [2.05, 4.69) is 0 Å². The second-order valence-corrected chi connectivity index (χ2v) is 8.44. The van der Waals surface area contributed by atoms with Crippen molar-refractivity contribution in [1.29, 1.82) is 0 Å². The highest BCUT2D eigenvalue weighted by atomic mass is 35.5. The predicted molar refractivity (Wildman–Crippen MR) is 140 cm³/mol. The molecule has 0 spiro atoms. The summed E-state index contributed by atoms with van der Waals surface area (Å²) in [5.41, 5.74) is -2.26. The van der Waals surface area contributed by atoms with E-state index in [1.807, 2.05) is 5.32 Å². The largest absolute Gasteiger partial charge is 0.493 e. The number of hydrogen-bond acceptors (Lipinski definition) is 11. The highest BCUT2D eigenvalue weighted by Gasteiger charge is 2.37. The summed E-state index contributed by atoms with van der Waals surface area (Å²) in [6.07, 6.45) is 1.07. The Hall–Kier alpha value is -5.90. The second-order valence-electron chi connectivity index (χ2n) is 8.04. The van der Waals surface area contributed by atoms with Crippen LogP contribution in [-0.2, 0) is 9.59 Å². The molecule has 0 aromatic heterocycles. The van der Waals surface area contributed by atoms with Crippen molar-refractivity contribution in [1.82, 2.24) is 5.32 Å². The predicted octanol–water partition coefficient (Wildman–Crippen LogP) is 4.53. The lowest BCUT2D eigenvalue weighted by atomic mass is 10.1. The van der Waals surface area contributed by atoms with E-state index in [0.29, 0.717) is 11.0 Å². The van der Waals surface area contributed by atoms with Crippen molar-refractivity contribution >= 4 is 58.3 Å². The van der Waals surface area contributed by atoms with Crippen molar-refractivity contribution in [3.8, 4) is 17.2 Å². The number of benzene rings is 3. The number of rotatable bonds is 8. The van der Waals surface area contributed by atoms with Crippen molar-refractivity contribution < 1.29 is 38.6 Å². The number of nitro benzene ring substituents is 3. The SMILES string of the molecule is COc1cc(/C=C2\C(=O)NC(=O)N(c3cccc([N+](=O)[O-])c3)C2=O)cc(Cl)c1Oc1ccc([N+](=O)[O-])cc1[N+](=O)[O-]. The lowest BCUT2D eigenvalue weighted by molar-refractivity contribution is -0.394. The molecule has 0 aliphatic carbocycles. The smallest absolute Gasteiger partial charge is 0.335 e. The van der Waals surface area contributed by atoms with Gasteiger partial charge < -0.3 is 9.47 Å².